The van der Waals surface area contributed by atoms with Crippen LogP contribution in [-0.2, 0) is 14.3 Å². The van der Waals surface area contributed by atoms with Gasteiger partial charge in [-0.15, -0.1) is 0 Å². The molecule has 0 fully saturated rings. The van der Waals surface area contributed by atoms with Gasteiger partial charge in [-0.05, 0) is 0 Å². The summed E-state index contributed by atoms with van der Waals surface area (Å²) in [6, 6.07) is 0. The normalized spacial score (nSPS) is 9.79. The summed E-state index contributed by atoms with van der Waals surface area (Å²) in [5.74, 6) is -0.346. The maximum absolute atomic E-state index is 11.4. The Morgan fingerprint density at radius 3 is 2.63 bits per heavy atom. The fourth-order valence-electron chi connectivity index (χ4n) is 1.16. The second-order valence-corrected chi connectivity index (χ2v) is 3.47. The highest BCUT2D eigenvalue weighted by Crippen LogP contribution is 2.01. The number of carbonyl (C=O) groups is 2. The Balaban J connectivity index is 2.37. The van der Waals surface area contributed by atoms with Gasteiger partial charge in [-0.25, -0.2) is 14.8 Å². The van der Waals surface area contributed by atoms with Crippen molar-refractivity contribution in [1.29, 1.82) is 0 Å². The molecule has 0 aliphatic heterocycles. The first-order chi connectivity index (χ1) is 9.17. The summed E-state index contributed by atoms with van der Waals surface area (Å²) in [7, 11) is 2.82. The van der Waals surface area contributed by atoms with Crippen molar-refractivity contribution < 1.29 is 19.1 Å². The molecule has 1 aromatic heterocycles. The second kappa shape index (κ2) is 7.98. The van der Waals surface area contributed by atoms with E-state index in [0.29, 0.717) is 19.0 Å². The summed E-state index contributed by atoms with van der Waals surface area (Å²) in [5.41, 5.74) is 0.109. The predicted octanol–water partition coefficient (Wildman–Crippen LogP) is -0.562. The smallest absolute Gasteiger partial charge is 0.358 e. The van der Waals surface area contributed by atoms with Gasteiger partial charge in [0, 0.05) is 13.7 Å². The molecule has 104 valence electrons. The lowest BCUT2D eigenvalue weighted by Crippen LogP contribution is -2.32. The fourth-order valence-corrected chi connectivity index (χ4v) is 1.16. The molecule has 0 radical (unpaired) electrons. The van der Waals surface area contributed by atoms with E-state index in [1.165, 1.54) is 19.5 Å². The van der Waals surface area contributed by atoms with E-state index in [1.54, 1.807) is 7.11 Å². The van der Waals surface area contributed by atoms with Gasteiger partial charge in [0.05, 0.1) is 32.7 Å². The Morgan fingerprint density at radius 2 is 2.05 bits per heavy atom. The van der Waals surface area contributed by atoms with Crippen LogP contribution in [0.15, 0.2) is 12.4 Å². The van der Waals surface area contributed by atoms with E-state index in [2.05, 4.69) is 25.3 Å². The zero-order valence-corrected chi connectivity index (χ0v) is 10.8. The van der Waals surface area contributed by atoms with Crippen molar-refractivity contribution in [2.75, 3.05) is 39.2 Å². The number of ether oxygens (including phenoxy) is 2. The van der Waals surface area contributed by atoms with Gasteiger partial charge in [0.2, 0.25) is 5.91 Å². The van der Waals surface area contributed by atoms with Crippen molar-refractivity contribution in [2.45, 2.75) is 0 Å². The molecule has 19 heavy (non-hydrogen) atoms. The fraction of sp³-hybridized carbons (Fsp3) is 0.455. The van der Waals surface area contributed by atoms with Crippen LogP contribution in [0, 0.1) is 0 Å². The summed E-state index contributed by atoms with van der Waals surface area (Å²) < 4.78 is 9.29. The van der Waals surface area contributed by atoms with Crippen molar-refractivity contribution in [3.63, 3.8) is 0 Å². The van der Waals surface area contributed by atoms with E-state index in [0.717, 1.165) is 0 Å². The van der Waals surface area contributed by atoms with Crippen molar-refractivity contribution in [2.24, 2.45) is 0 Å². The molecular formula is C11H16N4O4. The summed E-state index contributed by atoms with van der Waals surface area (Å²) >= 11 is 0. The van der Waals surface area contributed by atoms with Crippen molar-refractivity contribution in [3.05, 3.63) is 18.1 Å². The molecule has 1 rings (SSSR count). The molecule has 0 aliphatic rings. The molecule has 0 aromatic carbocycles. The third-order valence-corrected chi connectivity index (χ3v) is 2.10. The number of amides is 1. The van der Waals surface area contributed by atoms with Gasteiger partial charge in [-0.3, -0.25) is 4.79 Å². The first kappa shape index (κ1) is 14.8. The van der Waals surface area contributed by atoms with Gasteiger partial charge in [0.25, 0.3) is 0 Å². The minimum atomic E-state index is -0.559. The molecule has 0 saturated carbocycles. The SMILES string of the molecule is COCCNC(=O)CNc1cnc(C(=O)OC)cn1. The van der Waals surface area contributed by atoms with Gasteiger partial charge in [0.1, 0.15) is 5.82 Å². The highest BCUT2D eigenvalue weighted by molar-refractivity contribution is 5.86. The Hall–Kier alpha value is -2.22. The van der Waals surface area contributed by atoms with E-state index in [9.17, 15) is 9.59 Å². The number of nitrogens with zero attached hydrogens (tertiary/aromatic N) is 2. The number of methoxy groups -OCH3 is 2. The number of rotatable bonds is 7. The number of anilines is 1. The van der Waals surface area contributed by atoms with Crippen LogP contribution in [0.2, 0.25) is 0 Å². The van der Waals surface area contributed by atoms with Crippen LogP contribution in [0.25, 0.3) is 0 Å². The first-order valence-corrected chi connectivity index (χ1v) is 5.57. The number of esters is 1. The van der Waals surface area contributed by atoms with E-state index < -0.39 is 5.97 Å². The minimum Gasteiger partial charge on any atom is -0.464 e. The number of carbonyl (C=O) groups excluding carboxylic acids is 2. The zero-order valence-electron chi connectivity index (χ0n) is 10.8. The van der Waals surface area contributed by atoms with Gasteiger partial charge >= 0.3 is 5.97 Å². The van der Waals surface area contributed by atoms with Crippen LogP contribution >= 0.6 is 0 Å². The molecule has 0 atom stereocenters. The number of aromatic nitrogens is 2. The molecule has 0 bridgehead atoms. The summed E-state index contributed by atoms with van der Waals surface area (Å²) in [4.78, 5) is 30.3. The van der Waals surface area contributed by atoms with E-state index in [1.807, 2.05) is 0 Å². The van der Waals surface area contributed by atoms with Crippen molar-refractivity contribution >= 4 is 17.7 Å². The lowest BCUT2D eigenvalue weighted by Gasteiger charge is -2.06. The van der Waals surface area contributed by atoms with Crippen LogP contribution in [0.5, 0.6) is 0 Å². The van der Waals surface area contributed by atoms with Gasteiger partial charge < -0.3 is 20.1 Å². The molecule has 8 nitrogen and oxygen atoms in total. The van der Waals surface area contributed by atoms with Crippen LogP contribution in [0.3, 0.4) is 0 Å². The monoisotopic (exact) mass is 268 g/mol. The first-order valence-electron chi connectivity index (χ1n) is 5.57. The van der Waals surface area contributed by atoms with E-state index >= 15 is 0 Å². The highest BCUT2D eigenvalue weighted by Gasteiger charge is 2.07. The van der Waals surface area contributed by atoms with Crippen LogP contribution in [0.4, 0.5) is 5.82 Å². The van der Waals surface area contributed by atoms with Crippen LogP contribution in [0.1, 0.15) is 10.5 Å². The Labute approximate surface area is 110 Å². The van der Waals surface area contributed by atoms with Crippen molar-refractivity contribution in [1.82, 2.24) is 15.3 Å². The zero-order chi connectivity index (χ0) is 14.1. The summed E-state index contributed by atoms with van der Waals surface area (Å²) in [5, 5.41) is 5.42. The molecule has 2 N–H and O–H groups in total. The molecule has 1 heterocycles. The molecule has 0 spiro atoms. The van der Waals surface area contributed by atoms with Crippen LogP contribution in [-0.4, -0.2) is 55.8 Å². The molecular weight excluding hydrogens is 252 g/mol. The summed E-state index contributed by atoms with van der Waals surface area (Å²) in [6.07, 6.45) is 2.63. The topological polar surface area (TPSA) is 102 Å². The Morgan fingerprint density at radius 1 is 1.26 bits per heavy atom. The third-order valence-electron chi connectivity index (χ3n) is 2.10. The van der Waals surface area contributed by atoms with Gasteiger partial charge in [0.15, 0.2) is 5.69 Å². The molecule has 0 aliphatic carbocycles. The maximum atomic E-state index is 11.4. The van der Waals surface area contributed by atoms with Crippen molar-refractivity contribution in [3.8, 4) is 0 Å². The van der Waals surface area contributed by atoms with E-state index in [-0.39, 0.29) is 18.1 Å². The number of nitrogens with one attached hydrogen (secondary N) is 2. The molecule has 1 aromatic rings. The quantitative estimate of drug-likeness (QED) is 0.504. The lowest BCUT2D eigenvalue weighted by atomic mass is 10.4. The largest absolute Gasteiger partial charge is 0.464 e. The highest BCUT2D eigenvalue weighted by atomic mass is 16.5. The molecule has 0 saturated heterocycles. The standard InChI is InChI=1S/C11H16N4O4/c1-18-4-3-12-10(16)7-15-9-6-13-8(5-14-9)11(17)19-2/h5-6H,3-4,7H2,1-2H3,(H,12,16)(H,14,15). The Bertz CT molecular complexity index is 421. The third kappa shape index (κ3) is 5.30. The van der Waals surface area contributed by atoms with Gasteiger partial charge in [-0.1, -0.05) is 0 Å². The Kier molecular flexibility index (Phi) is 6.23. The maximum Gasteiger partial charge on any atom is 0.358 e. The average Bonchev–Trinajstić information content (AvgIpc) is 2.45. The lowest BCUT2D eigenvalue weighted by molar-refractivity contribution is -0.119. The number of hydrogen-bond acceptors (Lipinski definition) is 7. The van der Waals surface area contributed by atoms with E-state index in [4.69, 9.17) is 4.74 Å². The molecule has 8 heteroatoms. The number of hydrogen-bond donors (Lipinski definition) is 2. The van der Waals surface area contributed by atoms with Gasteiger partial charge in [-0.2, -0.15) is 0 Å². The molecule has 1 amide bonds. The average molecular weight is 268 g/mol. The predicted molar refractivity (Wildman–Crippen MR) is 66.7 cm³/mol. The summed E-state index contributed by atoms with van der Waals surface area (Å²) in [6.45, 7) is 0.972. The molecule has 0 unspecified atom stereocenters. The van der Waals surface area contributed by atoms with Crippen LogP contribution < -0.4 is 10.6 Å². The minimum absolute atomic E-state index is 0.0654. The second-order valence-electron chi connectivity index (χ2n) is 3.47.